The first-order valence-corrected chi connectivity index (χ1v) is 6.52. The second kappa shape index (κ2) is 5.36. The maximum absolute atomic E-state index is 12.0. The first-order chi connectivity index (χ1) is 9.38. The number of carbonyl (C=O) groups is 1. The fraction of sp³-hybridized carbons (Fsp3) is 0.462. The third kappa shape index (κ3) is 2.81. The molecule has 0 aliphatic carbocycles. The monoisotopic (exact) mass is 276 g/mol. The molecule has 0 aromatic carbocycles. The standard InChI is InChI=1S/C13H20N6O/c1-8(2)19-10(4)13(9(3)17-19)16-12(20)7-18-6-11(14)5-15-18/h5-6,8H,7,14H2,1-4H3,(H,16,20). The molecule has 0 spiro atoms. The van der Waals surface area contributed by atoms with Crippen LogP contribution in [0.25, 0.3) is 0 Å². The van der Waals surface area contributed by atoms with E-state index in [9.17, 15) is 4.79 Å². The average Bonchev–Trinajstić information content (AvgIpc) is 2.87. The Balaban J connectivity index is 2.12. The summed E-state index contributed by atoms with van der Waals surface area (Å²) < 4.78 is 3.40. The highest BCUT2D eigenvalue weighted by molar-refractivity contribution is 5.91. The number of hydrogen-bond acceptors (Lipinski definition) is 4. The van der Waals surface area contributed by atoms with Crippen molar-refractivity contribution >= 4 is 17.3 Å². The van der Waals surface area contributed by atoms with Crippen LogP contribution < -0.4 is 11.1 Å². The Morgan fingerprint density at radius 3 is 2.65 bits per heavy atom. The zero-order valence-corrected chi connectivity index (χ0v) is 12.2. The molecule has 7 heteroatoms. The Bertz CT molecular complexity index is 625. The molecule has 2 aromatic rings. The highest BCUT2D eigenvalue weighted by Gasteiger charge is 2.15. The van der Waals surface area contributed by atoms with Gasteiger partial charge >= 0.3 is 0 Å². The van der Waals surface area contributed by atoms with E-state index in [1.54, 1.807) is 6.20 Å². The lowest BCUT2D eigenvalue weighted by Crippen LogP contribution is -2.19. The highest BCUT2D eigenvalue weighted by Crippen LogP contribution is 2.22. The minimum Gasteiger partial charge on any atom is -0.396 e. The minimum atomic E-state index is -0.150. The van der Waals surface area contributed by atoms with E-state index >= 15 is 0 Å². The van der Waals surface area contributed by atoms with Crippen LogP contribution in [-0.2, 0) is 11.3 Å². The molecule has 7 nitrogen and oxygen atoms in total. The van der Waals surface area contributed by atoms with Crippen LogP contribution in [0.1, 0.15) is 31.3 Å². The highest BCUT2D eigenvalue weighted by atomic mass is 16.2. The zero-order valence-electron chi connectivity index (χ0n) is 12.2. The molecule has 20 heavy (non-hydrogen) atoms. The van der Waals surface area contributed by atoms with Crippen LogP contribution in [0.5, 0.6) is 0 Å². The minimum absolute atomic E-state index is 0.128. The van der Waals surface area contributed by atoms with Crippen LogP contribution in [0.15, 0.2) is 12.4 Å². The molecule has 0 atom stereocenters. The van der Waals surface area contributed by atoms with Crippen LogP contribution in [0.4, 0.5) is 11.4 Å². The number of nitrogens with two attached hydrogens (primary N) is 1. The largest absolute Gasteiger partial charge is 0.396 e. The molecular formula is C13H20N6O. The topological polar surface area (TPSA) is 90.8 Å². The summed E-state index contributed by atoms with van der Waals surface area (Å²) in [6.07, 6.45) is 3.14. The SMILES string of the molecule is Cc1nn(C(C)C)c(C)c1NC(=O)Cn1cc(N)cn1. The average molecular weight is 276 g/mol. The lowest BCUT2D eigenvalue weighted by molar-refractivity contribution is -0.116. The van der Waals surface area contributed by atoms with Gasteiger partial charge < -0.3 is 11.1 Å². The number of nitrogen functional groups attached to an aromatic ring is 1. The van der Waals surface area contributed by atoms with Gasteiger partial charge in [0.15, 0.2) is 0 Å². The normalized spacial score (nSPS) is 11.1. The summed E-state index contributed by atoms with van der Waals surface area (Å²) in [5.74, 6) is -0.150. The summed E-state index contributed by atoms with van der Waals surface area (Å²) in [6, 6.07) is 0.255. The van der Waals surface area contributed by atoms with Crippen LogP contribution >= 0.6 is 0 Å². The maximum Gasteiger partial charge on any atom is 0.246 e. The lowest BCUT2D eigenvalue weighted by atomic mass is 10.3. The number of aryl methyl sites for hydroxylation is 1. The third-order valence-corrected chi connectivity index (χ3v) is 3.04. The van der Waals surface area contributed by atoms with Crippen LogP contribution in [0.2, 0.25) is 0 Å². The zero-order chi connectivity index (χ0) is 14.9. The van der Waals surface area contributed by atoms with Gasteiger partial charge in [0.05, 0.1) is 29.0 Å². The molecule has 108 valence electrons. The van der Waals surface area contributed by atoms with Crippen molar-refractivity contribution in [2.24, 2.45) is 0 Å². The van der Waals surface area contributed by atoms with Crippen molar-refractivity contribution in [1.82, 2.24) is 19.6 Å². The van der Waals surface area contributed by atoms with Crippen molar-refractivity contribution < 1.29 is 4.79 Å². The molecule has 0 aliphatic heterocycles. The summed E-state index contributed by atoms with van der Waals surface area (Å²) >= 11 is 0. The van der Waals surface area contributed by atoms with Crippen LogP contribution in [-0.4, -0.2) is 25.5 Å². The van der Waals surface area contributed by atoms with Gasteiger partial charge in [-0.15, -0.1) is 0 Å². The fourth-order valence-electron chi connectivity index (χ4n) is 2.14. The van der Waals surface area contributed by atoms with Gasteiger partial charge in [-0.2, -0.15) is 10.2 Å². The second-order valence-electron chi connectivity index (χ2n) is 5.10. The summed E-state index contributed by atoms with van der Waals surface area (Å²) in [5.41, 5.74) is 8.63. The molecule has 0 bridgehead atoms. The van der Waals surface area contributed by atoms with Gasteiger partial charge in [-0.3, -0.25) is 14.2 Å². The van der Waals surface area contributed by atoms with Gasteiger partial charge in [-0.25, -0.2) is 0 Å². The maximum atomic E-state index is 12.0. The fourth-order valence-corrected chi connectivity index (χ4v) is 2.14. The lowest BCUT2D eigenvalue weighted by Gasteiger charge is -2.09. The van der Waals surface area contributed by atoms with Crippen molar-refractivity contribution in [3.63, 3.8) is 0 Å². The van der Waals surface area contributed by atoms with Gasteiger partial charge in [0.25, 0.3) is 0 Å². The van der Waals surface area contributed by atoms with Crippen molar-refractivity contribution in [2.45, 2.75) is 40.3 Å². The van der Waals surface area contributed by atoms with Crippen molar-refractivity contribution in [3.05, 3.63) is 23.8 Å². The Kier molecular flexibility index (Phi) is 3.78. The van der Waals surface area contributed by atoms with Gasteiger partial charge in [-0.05, 0) is 27.7 Å². The number of aromatic nitrogens is 4. The van der Waals surface area contributed by atoms with Crippen molar-refractivity contribution in [2.75, 3.05) is 11.1 Å². The molecule has 2 aromatic heterocycles. The predicted molar refractivity (Wildman–Crippen MR) is 77.4 cm³/mol. The Hall–Kier alpha value is -2.31. The summed E-state index contributed by atoms with van der Waals surface area (Å²) in [4.78, 5) is 12.0. The van der Waals surface area contributed by atoms with Gasteiger partial charge in [0, 0.05) is 12.2 Å². The van der Waals surface area contributed by atoms with Crippen LogP contribution in [0, 0.1) is 13.8 Å². The Morgan fingerprint density at radius 2 is 2.15 bits per heavy atom. The molecule has 0 radical (unpaired) electrons. The molecular weight excluding hydrogens is 256 g/mol. The molecule has 0 aliphatic rings. The quantitative estimate of drug-likeness (QED) is 0.885. The van der Waals surface area contributed by atoms with Crippen molar-refractivity contribution in [1.29, 1.82) is 0 Å². The molecule has 0 unspecified atom stereocenters. The Labute approximate surface area is 117 Å². The van der Waals surface area contributed by atoms with Crippen LogP contribution in [0.3, 0.4) is 0 Å². The summed E-state index contributed by atoms with van der Waals surface area (Å²) in [6.45, 7) is 8.06. The van der Waals surface area contributed by atoms with E-state index in [1.807, 2.05) is 18.5 Å². The van der Waals surface area contributed by atoms with E-state index in [0.717, 1.165) is 17.1 Å². The molecule has 0 saturated carbocycles. The molecule has 1 amide bonds. The first kappa shape index (κ1) is 14.1. The van der Waals surface area contributed by atoms with Crippen molar-refractivity contribution in [3.8, 4) is 0 Å². The number of carbonyl (C=O) groups excluding carboxylic acids is 1. The van der Waals surface area contributed by atoms with E-state index < -0.39 is 0 Å². The smallest absolute Gasteiger partial charge is 0.246 e. The molecule has 2 rings (SSSR count). The Morgan fingerprint density at radius 1 is 1.45 bits per heavy atom. The number of nitrogens with zero attached hydrogens (tertiary/aromatic N) is 4. The number of hydrogen-bond donors (Lipinski definition) is 2. The predicted octanol–water partition coefficient (Wildman–Crippen LogP) is 1.50. The molecule has 3 N–H and O–H groups in total. The van der Waals surface area contributed by atoms with E-state index in [0.29, 0.717) is 5.69 Å². The molecule has 0 saturated heterocycles. The molecule has 2 heterocycles. The number of anilines is 2. The van der Waals surface area contributed by atoms with Gasteiger partial charge in [0.2, 0.25) is 5.91 Å². The van der Waals surface area contributed by atoms with Gasteiger partial charge in [-0.1, -0.05) is 0 Å². The molecule has 0 fully saturated rings. The number of nitrogens with one attached hydrogen (secondary N) is 1. The van der Waals surface area contributed by atoms with E-state index in [-0.39, 0.29) is 18.5 Å². The number of rotatable bonds is 4. The van der Waals surface area contributed by atoms with E-state index in [4.69, 9.17) is 5.73 Å². The summed E-state index contributed by atoms with van der Waals surface area (Å²) in [7, 11) is 0. The second-order valence-corrected chi connectivity index (χ2v) is 5.10. The summed E-state index contributed by atoms with van der Waals surface area (Å²) in [5, 5.41) is 11.3. The first-order valence-electron chi connectivity index (χ1n) is 6.52. The van der Waals surface area contributed by atoms with Gasteiger partial charge in [0.1, 0.15) is 6.54 Å². The number of amides is 1. The van der Waals surface area contributed by atoms with E-state index in [2.05, 4.69) is 29.4 Å². The van der Waals surface area contributed by atoms with E-state index in [1.165, 1.54) is 10.9 Å². The third-order valence-electron chi connectivity index (χ3n) is 3.04.